The van der Waals surface area contributed by atoms with Gasteiger partial charge in [-0.1, -0.05) is 12.1 Å². The summed E-state index contributed by atoms with van der Waals surface area (Å²) in [4.78, 5) is 37.8. The molecular formula is C17H22BrN3O4. The fourth-order valence-electron chi connectivity index (χ4n) is 2.73. The van der Waals surface area contributed by atoms with Gasteiger partial charge in [-0.25, -0.2) is 0 Å². The maximum Gasteiger partial charge on any atom is 0.310 e. The third-order valence-corrected chi connectivity index (χ3v) is 4.62. The number of hydrazine groups is 1. The summed E-state index contributed by atoms with van der Waals surface area (Å²) in [6, 6.07) is 6.95. The van der Waals surface area contributed by atoms with Crippen molar-refractivity contribution in [3.63, 3.8) is 0 Å². The van der Waals surface area contributed by atoms with Gasteiger partial charge in [0.2, 0.25) is 0 Å². The van der Waals surface area contributed by atoms with Gasteiger partial charge in [0.15, 0.2) is 0 Å². The van der Waals surface area contributed by atoms with Gasteiger partial charge >= 0.3 is 5.97 Å². The minimum absolute atomic E-state index is 0.117. The van der Waals surface area contributed by atoms with Gasteiger partial charge in [0, 0.05) is 11.0 Å². The van der Waals surface area contributed by atoms with Crippen molar-refractivity contribution in [1.82, 2.24) is 15.8 Å². The van der Waals surface area contributed by atoms with Crippen molar-refractivity contribution in [3.8, 4) is 0 Å². The molecule has 0 radical (unpaired) electrons. The highest BCUT2D eigenvalue weighted by molar-refractivity contribution is 9.10. The number of nitrogens with zero attached hydrogens (tertiary/aromatic N) is 1. The van der Waals surface area contributed by atoms with Gasteiger partial charge in [0.25, 0.3) is 11.8 Å². The van der Waals surface area contributed by atoms with Crippen molar-refractivity contribution in [2.45, 2.75) is 19.8 Å². The van der Waals surface area contributed by atoms with Gasteiger partial charge in [-0.2, -0.15) is 0 Å². The Bertz CT molecular complexity index is 638. The molecule has 1 heterocycles. The summed E-state index contributed by atoms with van der Waals surface area (Å²) in [7, 11) is 0. The Morgan fingerprint density at radius 1 is 1.28 bits per heavy atom. The van der Waals surface area contributed by atoms with Gasteiger partial charge in [0.05, 0.1) is 24.6 Å². The minimum Gasteiger partial charge on any atom is -0.466 e. The smallest absolute Gasteiger partial charge is 0.310 e. The van der Waals surface area contributed by atoms with Gasteiger partial charge < -0.3 is 4.74 Å². The van der Waals surface area contributed by atoms with Crippen LogP contribution in [-0.2, 0) is 14.3 Å². The summed E-state index contributed by atoms with van der Waals surface area (Å²) in [5.74, 6) is -1.14. The van der Waals surface area contributed by atoms with Crippen molar-refractivity contribution < 1.29 is 19.1 Å². The Morgan fingerprint density at radius 2 is 2.04 bits per heavy atom. The Balaban J connectivity index is 1.79. The van der Waals surface area contributed by atoms with Gasteiger partial charge in [-0.15, -0.1) is 0 Å². The maximum atomic E-state index is 12.0. The topological polar surface area (TPSA) is 87.7 Å². The third kappa shape index (κ3) is 5.82. The van der Waals surface area contributed by atoms with Crippen LogP contribution in [0.4, 0.5) is 0 Å². The molecule has 1 fully saturated rings. The van der Waals surface area contributed by atoms with Crippen LogP contribution in [0, 0.1) is 5.92 Å². The normalized spacial score (nSPS) is 17.6. The van der Waals surface area contributed by atoms with Crippen LogP contribution in [0.5, 0.6) is 0 Å². The molecule has 1 aliphatic heterocycles. The molecule has 1 aliphatic rings. The second-order valence-corrected chi connectivity index (χ2v) is 6.66. The van der Waals surface area contributed by atoms with Gasteiger partial charge in [0.1, 0.15) is 0 Å². The van der Waals surface area contributed by atoms with Crippen LogP contribution in [0.2, 0.25) is 0 Å². The SMILES string of the molecule is CCOC(=O)C1CCCN(CC(=O)NNC(=O)c2ccccc2Br)C1. The highest BCUT2D eigenvalue weighted by Gasteiger charge is 2.27. The quantitative estimate of drug-likeness (QED) is 0.565. The second-order valence-electron chi connectivity index (χ2n) is 5.81. The number of hydrogen-bond acceptors (Lipinski definition) is 5. The molecule has 2 rings (SSSR count). The summed E-state index contributed by atoms with van der Waals surface area (Å²) in [5, 5.41) is 0. The molecular weight excluding hydrogens is 390 g/mol. The minimum atomic E-state index is -0.399. The van der Waals surface area contributed by atoms with Crippen LogP contribution in [0.1, 0.15) is 30.1 Å². The van der Waals surface area contributed by atoms with Crippen LogP contribution in [0.25, 0.3) is 0 Å². The predicted molar refractivity (Wildman–Crippen MR) is 95.5 cm³/mol. The van der Waals surface area contributed by atoms with Crippen molar-refractivity contribution >= 4 is 33.7 Å². The maximum absolute atomic E-state index is 12.0. The monoisotopic (exact) mass is 411 g/mol. The summed E-state index contributed by atoms with van der Waals surface area (Å²) in [6.45, 7) is 3.48. The summed E-state index contributed by atoms with van der Waals surface area (Å²) in [5.41, 5.74) is 5.24. The van der Waals surface area contributed by atoms with Crippen LogP contribution >= 0.6 is 15.9 Å². The summed E-state index contributed by atoms with van der Waals surface area (Å²) >= 11 is 3.29. The zero-order valence-corrected chi connectivity index (χ0v) is 15.7. The molecule has 1 atom stereocenters. The van der Waals surface area contributed by atoms with E-state index in [0.717, 1.165) is 19.4 Å². The third-order valence-electron chi connectivity index (χ3n) is 3.93. The van der Waals surface area contributed by atoms with Crippen LogP contribution in [0.3, 0.4) is 0 Å². The molecule has 1 aromatic carbocycles. The average molecular weight is 412 g/mol. The number of halogens is 1. The molecule has 8 heteroatoms. The predicted octanol–water partition coefficient (Wildman–Crippen LogP) is 1.49. The number of carbonyl (C=O) groups excluding carboxylic acids is 3. The van der Waals surface area contributed by atoms with E-state index < -0.39 is 5.91 Å². The van der Waals surface area contributed by atoms with Crippen molar-refractivity contribution in [3.05, 3.63) is 34.3 Å². The molecule has 25 heavy (non-hydrogen) atoms. The van der Waals surface area contributed by atoms with Crippen molar-refractivity contribution in [1.29, 1.82) is 0 Å². The number of amides is 2. The van der Waals surface area contributed by atoms with E-state index in [4.69, 9.17) is 4.74 Å². The van der Waals surface area contributed by atoms with E-state index in [1.54, 1.807) is 31.2 Å². The highest BCUT2D eigenvalue weighted by atomic mass is 79.9. The molecule has 0 spiro atoms. The summed E-state index contributed by atoms with van der Waals surface area (Å²) < 4.78 is 5.69. The first-order valence-corrected chi connectivity index (χ1v) is 9.03. The fraction of sp³-hybridized carbons (Fsp3) is 0.471. The molecule has 1 saturated heterocycles. The van der Waals surface area contributed by atoms with Crippen LogP contribution in [0.15, 0.2) is 28.7 Å². The van der Waals surface area contributed by atoms with E-state index in [9.17, 15) is 14.4 Å². The van der Waals surface area contributed by atoms with E-state index in [1.807, 2.05) is 4.90 Å². The van der Waals surface area contributed by atoms with Crippen LogP contribution < -0.4 is 10.9 Å². The zero-order chi connectivity index (χ0) is 18.2. The second kappa shape index (κ2) is 9.53. The first-order valence-electron chi connectivity index (χ1n) is 8.24. The molecule has 1 aromatic rings. The number of carbonyl (C=O) groups is 3. The number of hydrogen-bond donors (Lipinski definition) is 2. The Kier molecular flexibility index (Phi) is 7.39. The molecule has 2 amide bonds. The average Bonchev–Trinajstić information content (AvgIpc) is 2.60. The number of rotatable bonds is 5. The van der Waals surface area contributed by atoms with E-state index in [2.05, 4.69) is 26.8 Å². The lowest BCUT2D eigenvalue weighted by Gasteiger charge is -2.30. The van der Waals surface area contributed by atoms with Crippen LogP contribution in [-0.4, -0.2) is 48.9 Å². The number of ether oxygens (including phenoxy) is 1. The first kappa shape index (κ1) is 19.4. The molecule has 2 N–H and O–H groups in total. The van der Waals surface area contributed by atoms with E-state index in [0.29, 0.717) is 23.2 Å². The molecule has 136 valence electrons. The molecule has 0 aromatic heterocycles. The largest absolute Gasteiger partial charge is 0.466 e. The van der Waals surface area contributed by atoms with E-state index in [-0.39, 0.29) is 24.3 Å². The Morgan fingerprint density at radius 3 is 2.76 bits per heavy atom. The molecule has 0 aliphatic carbocycles. The van der Waals surface area contributed by atoms with E-state index >= 15 is 0 Å². The highest BCUT2D eigenvalue weighted by Crippen LogP contribution is 2.17. The van der Waals surface area contributed by atoms with Gasteiger partial charge in [-0.05, 0) is 54.4 Å². The van der Waals surface area contributed by atoms with E-state index in [1.165, 1.54) is 0 Å². The standard InChI is InChI=1S/C17H22BrN3O4/c1-2-25-17(24)12-6-5-9-21(10-12)11-15(22)19-20-16(23)13-7-3-4-8-14(13)18/h3-4,7-8,12H,2,5-6,9-11H2,1H3,(H,19,22)(H,20,23). The van der Waals surface area contributed by atoms with Crippen molar-refractivity contribution in [2.24, 2.45) is 5.92 Å². The fourth-order valence-corrected chi connectivity index (χ4v) is 3.20. The molecule has 0 bridgehead atoms. The molecule has 7 nitrogen and oxygen atoms in total. The lowest BCUT2D eigenvalue weighted by molar-refractivity contribution is -0.150. The number of likely N-dealkylation sites (tertiary alicyclic amines) is 1. The molecule has 1 unspecified atom stereocenters. The van der Waals surface area contributed by atoms with Crippen molar-refractivity contribution in [2.75, 3.05) is 26.2 Å². The number of benzene rings is 1. The van der Waals surface area contributed by atoms with Gasteiger partial charge in [-0.3, -0.25) is 30.1 Å². The summed E-state index contributed by atoms with van der Waals surface area (Å²) in [6.07, 6.45) is 1.61. The molecule has 0 saturated carbocycles. The number of nitrogens with one attached hydrogen (secondary N) is 2. The first-order chi connectivity index (χ1) is 12.0. The lowest BCUT2D eigenvalue weighted by Crippen LogP contribution is -2.49. The number of esters is 1. The number of piperidine rings is 1. The lowest BCUT2D eigenvalue weighted by atomic mass is 9.98. The Hall–Kier alpha value is -1.93. The Labute approximate surface area is 155 Å². The zero-order valence-electron chi connectivity index (χ0n) is 14.1.